The maximum Gasteiger partial charge on any atom is 0.335 e. The van der Waals surface area contributed by atoms with E-state index in [-0.39, 0.29) is 5.56 Å². The van der Waals surface area contributed by atoms with Crippen molar-refractivity contribution in [2.24, 2.45) is 0 Å². The molecule has 0 spiro atoms. The van der Waals surface area contributed by atoms with E-state index in [1.807, 2.05) is 13.8 Å². The first-order chi connectivity index (χ1) is 8.06. The van der Waals surface area contributed by atoms with Gasteiger partial charge >= 0.3 is 5.97 Å². The minimum atomic E-state index is -0.947. The van der Waals surface area contributed by atoms with Gasteiger partial charge in [0.05, 0.1) is 11.3 Å². The number of carboxylic acid groups (broad SMARTS) is 1. The van der Waals surface area contributed by atoms with E-state index in [0.29, 0.717) is 10.9 Å². The second-order valence-electron chi connectivity index (χ2n) is 3.55. The second kappa shape index (κ2) is 4.55. The van der Waals surface area contributed by atoms with Crippen molar-refractivity contribution in [3.05, 3.63) is 40.4 Å². The molecule has 1 heterocycles. The van der Waals surface area contributed by atoms with Crippen molar-refractivity contribution in [1.82, 2.24) is 4.98 Å². The summed E-state index contributed by atoms with van der Waals surface area (Å²) < 4.78 is 5.53. The van der Waals surface area contributed by atoms with Gasteiger partial charge in [-0.3, -0.25) is 0 Å². The molecule has 0 aliphatic carbocycles. The lowest BCUT2D eigenvalue weighted by atomic mass is 10.2. The molecule has 2 aromatic rings. The highest BCUT2D eigenvalue weighted by Gasteiger charge is 2.07. The Morgan fingerprint density at radius 2 is 1.94 bits per heavy atom. The molecular formula is C12H11NO3S. The lowest BCUT2D eigenvalue weighted by Gasteiger charge is -2.01. The molecule has 0 fully saturated rings. The number of benzene rings is 1. The molecule has 1 aromatic heterocycles. The molecule has 88 valence electrons. The van der Waals surface area contributed by atoms with Gasteiger partial charge in [-0.25, -0.2) is 9.78 Å². The highest BCUT2D eigenvalue weighted by Crippen LogP contribution is 2.28. The highest BCUT2D eigenvalue weighted by atomic mass is 32.1. The van der Waals surface area contributed by atoms with E-state index in [0.717, 1.165) is 10.6 Å². The quantitative estimate of drug-likeness (QED) is 0.907. The monoisotopic (exact) mass is 249 g/mol. The van der Waals surface area contributed by atoms with Crippen molar-refractivity contribution in [2.75, 3.05) is 0 Å². The highest BCUT2D eigenvalue weighted by molar-refractivity contribution is 7.13. The van der Waals surface area contributed by atoms with E-state index in [4.69, 9.17) is 9.84 Å². The summed E-state index contributed by atoms with van der Waals surface area (Å²) in [6.07, 6.45) is 0. The summed E-state index contributed by atoms with van der Waals surface area (Å²) in [4.78, 5) is 16.0. The SMILES string of the molecule is Cc1nc(Oc2ccc(C(=O)O)cc2)sc1C. The summed E-state index contributed by atoms with van der Waals surface area (Å²) >= 11 is 1.47. The number of aromatic nitrogens is 1. The Kier molecular flexibility index (Phi) is 3.10. The van der Waals surface area contributed by atoms with Gasteiger partial charge in [0.1, 0.15) is 5.75 Å². The molecule has 1 aromatic carbocycles. The average Bonchev–Trinajstić information content (AvgIpc) is 2.58. The average molecular weight is 249 g/mol. The van der Waals surface area contributed by atoms with Gasteiger partial charge in [-0.1, -0.05) is 11.3 Å². The molecule has 0 amide bonds. The van der Waals surface area contributed by atoms with Crippen LogP contribution in [-0.4, -0.2) is 16.1 Å². The molecule has 0 bridgehead atoms. The van der Waals surface area contributed by atoms with E-state index in [1.54, 1.807) is 12.1 Å². The van der Waals surface area contributed by atoms with Gasteiger partial charge in [0, 0.05) is 4.88 Å². The third-order valence-electron chi connectivity index (χ3n) is 2.32. The zero-order valence-electron chi connectivity index (χ0n) is 9.43. The Morgan fingerprint density at radius 1 is 1.29 bits per heavy atom. The number of aromatic carboxylic acids is 1. The number of aryl methyl sites for hydroxylation is 2. The number of thiazole rings is 1. The van der Waals surface area contributed by atoms with E-state index < -0.39 is 5.97 Å². The zero-order valence-corrected chi connectivity index (χ0v) is 10.2. The summed E-state index contributed by atoms with van der Waals surface area (Å²) in [5.41, 5.74) is 1.19. The summed E-state index contributed by atoms with van der Waals surface area (Å²) in [5.74, 6) is -0.360. The maximum absolute atomic E-state index is 10.7. The summed E-state index contributed by atoms with van der Waals surface area (Å²) in [6.45, 7) is 3.90. The van der Waals surface area contributed by atoms with Gasteiger partial charge in [0.2, 0.25) is 0 Å². The van der Waals surface area contributed by atoms with Gasteiger partial charge in [0.15, 0.2) is 0 Å². The number of hydrogen-bond acceptors (Lipinski definition) is 4. The minimum absolute atomic E-state index is 0.240. The van der Waals surface area contributed by atoms with Crippen LogP contribution >= 0.6 is 11.3 Å². The van der Waals surface area contributed by atoms with Crippen LogP contribution in [0.2, 0.25) is 0 Å². The number of rotatable bonds is 3. The number of ether oxygens (including phenoxy) is 1. The smallest absolute Gasteiger partial charge is 0.335 e. The zero-order chi connectivity index (χ0) is 12.4. The molecule has 1 N–H and O–H groups in total. The maximum atomic E-state index is 10.7. The fourth-order valence-corrected chi connectivity index (χ4v) is 2.03. The standard InChI is InChI=1S/C12H11NO3S/c1-7-8(2)17-12(13-7)16-10-5-3-9(4-6-10)11(14)15/h3-6H,1-2H3,(H,14,15). The Morgan fingerprint density at radius 3 is 2.41 bits per heavy atom. The van der Waals surface area contributed by atoms with Gasteiger partial charge < -0.3 is 9.84 Å². The molecule has 0 saturated carbocycles. The molecule has 4 nitrogen and oxygen atoms in total. The van der Waals surface area contributed by atoms with Crippen LogP contribution in [0.5, 0.6) is 10.9 Å². The lowest BCUT2D eigenvalue weighted by molar-refractivity contribution is 0.0697. The summed E-state index contributed by atoms with van der Waals surface area (Å²) in [6, 6.07) is 6.25. The molecule has 5 heteroatoms. The molecule has 0 aliphatic rings. The molecule has 2 rings (SSSR count). The molecule has 0 radical (unpaired) electrons. The molecule has 0 atom stereocenters. The van der Waals surface area contributed by atoms with Crippen LogP contribution in [0.25, 0.3) is 0 Å². The van der Waals surface area contributed by atoms with Crippen LogP contribution in [0.4, 0.5) is 0 Å². The minimum Gasteiger partial charge on any atom is -0.478 e. The number of carboxylic acids is 1. The Balaban J connectivity index is 2.16. The van der Waals surface area contributed by atoms with Gasteiger partial charge in [-0.05, 0) is 38.1 Å². The van der Waals surface area contributed by atoms with Gasteiger partial charge in [-0.2, -0.15) is 0 Å². The first kappa shape index (κ1) is 11.6. The van der Waals surface area contributed by atoms with E-state index in [1.165, 1.54) is 23.5 Å². The molecule has 0 aliphatic heterocycles. The van der Waals surface area contributed by atoms with Crippen molar-refractivity contribution in [3.8, 4) is 10.9 Å². The first-order valence-corrected chi connectivity index (χ1v) is 5.83. The number of hydrogen-bond donors (Lipinski definition) is 1. The Hall–Kier alpha value is -1.88. The Labute approximate surface area is 103 Å². The molecular weight excluding hydrogens is 238 g/mol. The van der Waals surface area contributed by atoms with Crippen LogP contribution in [0, 0.1) is 13.8 Å². The van der Waals surface area contributed by atoms with E-state index in [2.05, 4.69) is 4.98 Å². The van der Waals surface area contributed by atoms with Crippen LogP contribution in [0.3, 0.4) is 0 Å². The van der Waals surface area contributed by atoms with Crippen molar-refractivity contribution in [3.63, 3.8) is 0 Å². The van der Waals surface area contributed by atoms with Crippen molar-refractivity contribution in [1.29, 1.82) is 0 Å². The fourth-order valence-electron chi connectivity index (χ4n) is 1.25. The van der Waals surface area contributed by atoms with Crippen molar-refractivity contribution in [2.45, 2.75) is 13.8 Å². The van der Waals surface area contributed by atoms with E-state index >= 15 is 0 Å². The first-order valence-electron chi connectivity index (χ1n) is 5.01. The number of carbonyl (C=O) groups is 1. The predicted molar refractivity (Wildman–Crippen MR) is 65.1 cm³/mol. The van der Waals surface area contributed by atoms with Crippen LogP contribution < -0.4 is 4.74 Å². The fraction of sp³-hybridized carbons (Fsp3) is 0.167. The van der Waals surface area contributed by atoms with Crippen LogP contribution in [-0.2, 0) is 0 Å². The molecule has 0 unspecified atom stereocenters. The molecule has 0 saturated heterocycles. The third-order valence-corrected chi connectivity index (χ3v) is 3.27. The number of nitrogens with zero attached hydrogens (tertiary/aromatic N) is 1. The van der Waals surface area contributed by atoms with Gasteiger partial charge in [-0.15, -0.1) is 0 Å². The third kappa shape index (κ3) is 2.62. The summed E-state index contributed by atoms with van der Waals surface area (Å²) in [7, 11) is 0. The second-order valence-corrected chi connectivity index (χ2v) is 4.72. The summed E-state index contributed by atoms with van der Waals surface area (Å²) in [5, 5.41) is 9.33. The lowest BCUT2D eigenvalue weighted by Crippen LogP contribution is -1.95. The normalized spacial score (nSPS) is 10.2. The Bertz CT molecular complexity index is 526. The van der Waals surface area contributed by atoms with Gasteiger partial charge in [0.25, 0.3) is 5.19 Å². The van der Waals surface area contributed by atoms with E-state index in [9.17, 15) is 4.79 Å². The topological polar surface area (TPSA) is 59.4 Å². The predicted octanol–water partition coefficient (Wildman–Crippen LogP) is 3.25. The molecule has 17 heavy (non-hydrogen) atoms. The van der Waals surface area contributed by atoms with Crippen molar-refractivity contribution < 1.29 is 14.6 Å². The van der Waals surface area contributed by atoms with Crippen molar-refractivity contribution >= 4 is 17.3 Å². The van der Waals surface area contributed by atoms with Crippen LogP contribution in [0.1, 0.15) is 20.9 Å². The van der Waals surface area contributed by atoms with Crippen LogP contribution in [0.15, 0.2) is 24.3 Å². The largest absolute Gasteiger partial charge is 0.478 e.